The Hall–Kier alpha value is -1.34. The zero-order chi connectivity index (χ0) is 29.9. The number of hydrogen-bond acceptors (Lipinski definition) is 11. The predicted molar refractivity (Wildman–Crippen MR) is 169 cm³/mol. The number of ether oxygens (including phenoxy) is 2. The van der Waals surface area contributed by atoms with Crippen molar-refractivity contribution in [2.24, 2.45) is 22.9 Å². The molecule has 9 N–H and O–H groups in total. The molecule has 0 bridgehead atoms. The summed E-state index contributed by atoms with van der Waals surface area (Å²) in [6, 6.07) is 4.84. The highest BCUT2D eigenvalue weighted by molar-refractivity contribution is 7.98. The second kappa shape index (κ2) is 20.5. The first-order valence-corrected chi connectivity index (χ1v) is 17.3. The molecule has 0 spiro atoms. The van der Waals surface area contributed by atoms with Crippen LogP contribution in [0.25, 0.3) is 0 Å². The maximum absolute atomic E-state index is 12.8. The van der Waals surface area contributed by atoms with Gasteiger partial charge in [0.05, 0.1) is 0 Å². The molecule has 0 aliphatic heterocycles. The molecule has 0 fully saturated rings. The summed E-state index contributed by atoms with van der Waals surface area (Å²) in [4.78, 5) is 25.4. The summed E-state index contributed by atoms with van der Waals surface area (Å²) >= 11 is 3.07. The molecule has 0 saturated heterocycles. The van der Waals surface area contributed by atoms with Crippen LogP contribution in [0.15, 0.2) is 18.2 Å². The largest absolute Gasteiger partial charge is 0.424 e. The van der Waals surface area contributed by atoms with Crippen molar-refractivity contribution >= 4 is 35.5 Å². The number of esters is 2. The van der Waals surface area contributed by atoms with Gasteiger partial charge < -0.3 is 37.7 Å². The fourth-order valence-electron chi connectivity index (χ4n) is 3.94. The number of nitrogens with one attached hydrogen (secondary N) is 1. The third-order valence-electron chi connectivity index (χ3n) is 6.67. The van der Waals surface area contributed by atoms with Crippen LogP contribution >= 0.6 is 23.5 Å². The molecule has 11 heteroatoms. The van der Waals surface area contributed by atoms with Gasteiger partial charge in [-0.2, -0.15) is 23.5 Å². The third-order valence-corrected chi connectivity index (χ3v) is 7.90. The number of carbonyl (C=O) groups excluding carboxylic acids is 2. The van der Waals surface area contributed by atoms with Gasteiger partial charge in [0.15, 0.2) is 11.3 Å². The van der Waals surface area contributed by atoms with Crippen LogP contribution in [0.5, 0.6) is 11.5 Å². The normalized spacial score (nSPS) is 12.0. The van der Waals surface area contributed by atoms with E-state index in [1.165, 1.54) is 87.4 Å². The molecule has 0 amide bonds. The third kappa shape index (κ3) is 15.0. The lowest BCUT2D eigenvalue weighted by molar-refractivity contribution is -0.140. The van der Waals surface area contributed by atoms with E-state index in [-0.39, 0.29) is 24.3 Å². The number of benzene rings is 1. The molecule has 40 heavy (non-hydrogen) atoms. The van der Waals surface area contributed by atoms with E-state index < -0.39 is 23.3 Å². The van der Waals surface area contributed by atoms with Gasteiger partial charge in [-0.05, 0) is 55.9 Å². The fraction of sp³-hybridized carbons (Fsp3) is 0.724. The fourth-order valence-corrected chi connectivity index (χ4v) is 5.03. The number of hydrogen-bond donors (Lipinski definition) is 5. The van der Waals surface area contributed by atoms with E-state index in [0.29, 0.717) is 18.1 Å². The van der Waals surface area contributed by atoms with E-state index in [9.17, 15) is 9.59 Å². The van der Waals surface area contributed by atoms with Crippen molar-refractivity contribution in [3.63, 3.8) is 0 Å². The molecule has 0 aliphatic carbocycles. The van der Waals surface area contributed by atoms with Crippen LogP contribution in [0.3, 0.4) is 0 Å². The predicted octanol–water partition coefficient (Wildman–Crippen LogP) is 4.24. The lowest BCUT2D eigenvalue weighted by atomic mass is 10.1. The lowest BCUT2D eigenvalue weighted by Gasteiger charge is -2.24. The minimum atomic E-state index is -1.64. The monoisotopic (exact) mass is 599 g/mol. The molecule has 0 atom stereocenters. The van der Waals surface area contributed by atoms with Gasteiger partial charge in [-0.15, -0.1) is 0 Å². The Kier molecular flexibility index (Phi) is 18.8. The van der Waals surface area contributed by atoms with Crippen molar-refractivity contribution in [1.29, 1.82) is 0 Å². The van der Waals surface area contributed by atoms with E-state index in [1.54, 1.807) is 12.1 Å². The Morgan fingerprint density at radius 2 is 1.27 bits per heavy atom. The first-order chi connectivity index (χ1) is 19.1. The van der Waals surface area contributed by atoms with Crippen molar-refractivity contribution in [2.75, 3.05) is 30.6 Å². The minimum Gasteiger partial charge on any atom is -0.424 e. The molecule has 9 nitrogen and oxygen atoms in total. The van der Waals surface area contributed by atoms with Gasteiger partial charge >= 0.3 is 11.9 Å². The Balaban J connectivity index is 2.74. The van der Waals surface area contributed by atoms with Crippen molar-refractivity contribution in [2.45, 2.75) is 102 Å². The molecular formula is C29H53N5O4S2. The quantitative estimate of drug-likeness (QED) is 0.0528. The molecular weight excluding hydrogens is 546 g/mol. The van der Waals surface area contributed by atoms with Crippen molar-refractivity contribution in [1.82, 2.24) is 5.32 Å². The molecule has 0 aromatic heterocycles. The molecule has 230 valence electrons. The lowest BCUT2D eigenvalue weighted by Crippen LogP contribution is -2.58. The van der Waals surface area contributed by atoms with Crippen LogP contribution in [0.1, 0.15) is 89.5 Å². The smallest absolute Gasteiger partial charge is 0.346 e. The highest BCUT2D eigenvalue weighted by atomic mass is 32.2. The maximum Gasteiger partial charge on any atom is 0.346 e. The molecule has 0 saturated carbocycles. The van der Waals surface area contributed by atoms with E-state index in [4.69, 9.17) is 32.4 Å². The van der Waals surface area contributed by atoms with E-state index in [2.05, 4.69) is 12.2 Å². The minimum absolute atomic E-state index is 0.166. The van der Waals surface area contributed by atoms with Gasteiger partial charge in [0.1, 0.15) is 11.5 Å². The van der Waals surface area contributed by atoms with Crippen LogP contribution < -0.4 is 37.7 Å². The van der Waals surface area contributed by atoms with Gasteiger partial charge in [-0.1, -0.05) is 70.8 Å². The Bertz CT molecular complexity index is 871. The molecule has 0 aliphatic rings. The van der Waals surface area contributed by atoms with Crippen LogP contribution in [0.4, 0.5) is 0 Å². The van der Waals surface area contributed by atoms with Crippen molar-refractivity contribution in [3.8, 4) is 11.5 Å². The van der Waals surface area contributed by atoms with Crippen LogP contribution in [0.2, 0.25) is 0 Å². The molecule has 1 aromatic carbocycles. The van der Waals surface area contributed by atoms with E-state index in [1.807, 2.05) is 12.5 Å². The van der Waals surface area contributed by atoms with Crippen LogP contribution in [-0.4, -0.2) is 53.8 Å². The van der Waals surface area contributed by atoms with Gasteiger partial charge in [0.2, 0.25) is 0 Å². The molecule has 0 radical (unpaired) electrons. The maximum atomic E-state index is 12.8. The summed E-state index contributed by atoms with van der Waals surface area (Å²) in [6.45, 7) is 3.55. The number of carbonyl (C=O) groups is 2. The van der Waals surface area contributed by atoms with Gasteiger partial charge in [-0.3, -0.25) is 0 Å². The van der Waals surface area contributed by atoms with Gasteiger partial charge in [0, 0.05) is 18.2 Å². The summed E-state index contributed by atoms with van der Waals surface area (Å²) in [5.41, 5.74) is 21.5. The topological polar surface area (TPSA) is 169 Å². The van der Waals surface area contributed by atoms with Crippen molar-refractivity contribution < 1.29 is 19.1 Å². The van der Waals surface area contributed by atoms with E-state index in [0.717, 1.165) is 18.5 Å². The average molecular weight is 600 g/mol. The molecule has 1 rings (SSSR count). The number of rotatable bonds is 23. The molecule has 0 unspecified atom stereocenters. The number of thioether (sulfide) groups is 2. The highest BCUT2D eigenvalue weighted by Crippen LogP contribution is 2.27. The highest BCUT2D eigenvalue weighted by Gasteiger charge is 2.33. The van der Waals surface area contributed by atoms with E-state index >= 15 is 0 Å². The summed E-state index contributed by atoms with van der Waals surface area (Å²) in [5.74, 6) is 0.0850. The zero-order valence-corrected chi connectivity index (χ0v) is 26.4. The summed E-state index contributed by atoms with van der Waals surface area (Å²) < 4.78 is 11.1. The van der Waals surface area contributed by atoms with Crippen molar-refractivity contribution in [3.05, 3.63) is 23.8 Å². The SMILES string of the molecule is CCCCCCCCCCCCNCc1ccc(OC(=O)C(N)(N)CCSC)cc1OC(=O)C(N)(N)CCSC. The zero-order valence-electron chi connectivity index (χ0n) is 24.8. The standard InChI is InChI=1S/C29H53N5O4S2/c1-4-5-6-7-8-9-10-11-12-13-18-34-22-23-14-15-24(37-26(35)28(30,31)16-19-39-2)21-25(23)38-27(36)29(32,33)17-20-40-3/h14-15,21,34H,4-13,16-20,22,30-33H2,1-3H3. The first-order valence-electron chi connectivity index (χ1n) is 14.5. The van der Waals surface area contributed by atoms with Crippen LogP contribution in [0, 0.1) is 0 Å². The second-order valence-corrected chi connectivity index (χ2v) is 12.4. The van der Waals surface area contributed by atoms with Gasteiger partial charge in [0.25, 0.3) is 0 Å². The summed E-state index contributed by atoms with van der Waals surface area (Å²) in [7, 11) is 0. The van der Waals surface area contributed by atoms with Gasteiger partial charge in [-0.25, -0.2) is 9.59 Å². The molecule has 1 aromatic rings. The number of nitrogens with two attached hydrogens (primary N) is 4. The second-order valence-electron chi connectivity index (χ2n) is 10.5. The molecule has 0 heterocycles. The Morgan fingerprint density at radius 1 is 0.775 bits per heavy atom. The first kappa shape index (κ1) is 36.7. The summed E-state index contributed by atoms with van der Waals surface area (Å²) in [5, 5.41) is 3.41. The number of unbranched alkanes of at least 4 members (excludes halogenated alkanes) is 9. The van der Waals surface area contributed by atoms with Crippen LogP contribution in [-0.2, 0) is 16.1 Å². The summed E-state index contributed by atoms with van der Waals surface area (Å²) in [6.07, 6.45) is 17.1. The average Bonchev–Trinajstić information content (AvgIpc) is 2.92. The Labute approximate surface area is 250 Å². The Morgan fingerprint density at radius 3 is 1.80 bits per heavy atom.